The molecule has 0 spiro atoms. The van der Waals surface area contributed by atoms with Crippen molar-refractivity contribution in [3.8, 4) is 0 Å². The summed E-state index contributed by atoms with van der Waals surface area (Å²) in [5, 5.41) is 2.91. The first-order valence-electron chi connectivity index (χ1n) is 6.53. The molecule has 0 aliphatic rings. The zero-order valence-electron chi connectivity index (χ0n) is 12.1. The number of nitrogens with one attached hydrogen (secondary N) is 1. The molecular weight excluding hydrogens is 242 g/mol. The molecule has 0 bridgehead atoms. The lowest BCUT2D eigenvalue weighted by atomic mass is 10.0. The molecular formula is C14H23N3O2. The summed E-state index contributed by atoms with van der Waals surface area (Å²) in [7, 11) is 1.75. The van der Waals surface area contributed by atoms with Crippen molar-refractivity contribution in [2.24, 2.45) is 18.7 Å². The molecule has 1 atom stereocenters. The van der Waals surface area contributed by atoms with Crippen LogP contribution in [0.15, 0.2) is 12.3 Å². The summed E-state index contributed by atoms with van der Waals surface area (Å²) in [5.74, 6) is 0.230. The van der Waals surface area contributed by atoms with Crippen LogP contribution in [0, 0.1) is 5.92 Å². The summed E-state index contributed by atoms with van der Waals surface area (Å²) >= 11 is 0. The van der Waals surface area contributed by atoms with E-state index < -0.39 is 0 Å². The van der Waals surface area contributed by atoms with Crippen molar-refractivity contribution >= 4 is 11.7 Å². The van der Waals surface area contributed by atoms with Gasteiger partial charge in [-0.15, -0.1) is 0 Å². The molecule has 106 valence electrons. The van der Waals surface area contributed by atoms with Gasteiger partial charge in [0, 0.05) is 31.4 Å². The number of carbonyl (C=O) groups is 2. The van der Waals surface area contributed by atoms with Crippen LogP contribution in [0.5, 0.6) is 0 Å². The van der Waals surface area contributed by atoms with Gasteiger partial charge in [-0.1, -0.05) is 13.8 Å². The van der Waals surface area contributed by atoms with Crippen LogP contribution in [-0.4, -0.2) is 28.8 Å². The van der Waals surface area contributed by atoms with Gasteiger partial charge in [0.1, 0.15) is 5.69 Å². The first-order chi connectivity index (χ1) is 8.85. The van der Waals surface area contributed by atoms with E-state index in [2.05, 4.69) is 19.2 Å². The molecule has 0 saturated carbocycles. The quantitative estimate of drug-likeness (QED) is 0.762. The summed E-state index contributed by atoms with van der Waals surface area (Å²) in [6.07, 6.45) is 2.50. The monoisotopic (exact) mass is 265 g/mol. The van der Waals surface area contributed by atoms with Crippen molar-refractivity contribution in [1.29, 1.82) is 0 Å². The molecule has 1 amide bonds. The van der Waals surface area contributed by atoms with Crippen molar-refractivity contribution in [2.75, 3.05) is 6.54 Å². The Labute approximate surface area is 114 Å². The molecule has 1 aromatic rings. The number of hydrogen-bond donors (Lipinski definition) is 2. The first kappa shape index (κ1) is 15.4. The van der Waals surface area contributed by atoms with E-state index >= 15 is 0 Å². The lowest BCUT2D eigenvalue weighted by Crippen LogP contribution is -2.41. The van der Waals surface area contributed by atoms with Crippen LogP contribution in [0.25, 0.3) is 0 Å². The van der Waals surface area contributed by atoms with Crippen LogP contribution in [0.3, 0.4) is 0 Å². The third kappa shape index (κ3) is 4.21. The zero-order chi connectivity index (χ0) is 14.6. The van der Waals surface area contributed by atoms with Crippen molar-refractivity contribution in [3.63, 3.8) is 0 Å². The summed E-state index contributed by atoms with van der Waals surface area (Å²) in [4.78, 5) is 23.4. The average molecular weight is 265 g/mol. The molecule has 1 heterocycles. The fourth-order valence-electron chi connectivity index (χ4n) is 2.03. The number of nitrogens with zero attached hydrogens (tertiary/aromatic N) is 1. The van der Waals surface area contributed by atoms with Gasteiger partial charge in [0.2, 0.25) is 0 Å². The average Bonchev–Trinajstić information content (AvgIpc) is 2.70. The van der Waals surface area contributed by atoms with Gasteiger partial charge in [-0.25, -0.2) is 0 Å². The molecule has 0 saturated heterocycles. The standard InChI is InChI=1S/C14H23N3O2/c1-9(2)5-12(7-15)16-14(19)13-6-11(10(3)18)8-17(13)4/h6,8-9,12H,5,7,15H2,1-4H3,(H,16,19). The second kappa shape index (κ2) is 6.52. The number of nitrogens with two attached hydrogens (primary N) is 1. The van der Waals surface area contributed by atoms with Gasteiger partial charge in [0.05, 0.1) is 0 Å². The van der Waals surface area contributed by atoms with Crippen LogP contribution in [-0.2, 0) is 7.05 Å². The van der Waals surface area contributed by atoms with E-state index in [1.54, 1.807) is 23.9 Å². The van der Waals surface area contributed by atoms with Crippen LogP contribution in [0.2, 0.25) is 0 Å². The highest BCUT2D eigenvalue weighted by Gasteiger charge is 2.17. The summed E-state index contributed by atoms with van der Waals surface area (Å²) in [6.45, 7) is 6.07. The summed E-state index contributed by atoms with van der Waals surface area (Å²) in [5.41, 5.74) is 6.68. The minimum atomic E-state index is -0.189. The molecule has 0 aliphatic carbocycles. The minimum absolute atomic E-state index is 0.0387. The third-order valence-corrected chi connectivity index (χ3v) is 3.02. The molecule has 0 aliphatic heterocycles. The second-order valence-corrected chi connectivity index (χ2v) is 5.32. The van der Waals surface area contributed by atoms with Crippen molar-refractivity contribution in [2.45, 2.75) is 33.2 Å². The highest BCUT2D eigenvalue weighted by atomic mass is 16.2. The molecule has 0 fully saturated rings. The van der Waals surface area contributed by atoms with E-state index in [0.29, 0.717) is 23.7 Å². The molecule has 1 rings (SSSR count). The van der Waals surface area contributed by atoms with Crippen LogP contribution in [0.4, 0.5) is 0 Å². The Morgan fingerprint density at radius 2 is 2.05 bits per heavy atom. The number of amides is 1. The van der Waals surface area contributed by atoms with Crippen molar-refractivity contribution < 1.29 is 9.59 Å². The lowest BCUT2D eigenvalue weighted by Gasteiger charge is -2.18. The maximum Gasteiger partial charge on any atom is 0.268 e. The van der Waals surface area contributed by atoms with Crippen LogP contribution < -0.4 is 11.1 Å². The molecule has 3 N–H and O–H groups in total. The molecule has 1 unspecified atom stereocenters. The number of aromatic nitrogens is 1. The predicted molar refractivity (Wildman–Crippen MR) is 75.2 cm³/mol. The topological polar surface area (TPSA) is 77.1 Å². The SMILES string of the molecule is CC(=O)c1cc(C(=O)NC(CN)CC(C)C)n(C)c1. The van der Waals surface area contributed by atoms with Gasteiger partial charge in [0.25, 0.3) is 5.91 Å². The molecule has 0 radical (unpaired) electrons. The van der Waals surface area contributed by atoms with E-state index in [1.807, 2.05) is 0 Å². The summed E-state index contributed by atoms with van der Waals surface area (Å²) < 4.78 is 1.66. The highest BCUT2D eigenvalue weighted by molar-refractivity contribution is 5.99. The fraction of sp³-hybridized carbons (Fsp3) is 0.571. The predicted octanol–water partition coefficient (Wildman–Crippen LogP) is 1.33. The largest absolute Gasteiger partial charge is 0.347 e. The Morgan fingerprint density at radius 3 is 2.47 bits per heavy atom. The van der Waals surface area contributed by atoms with Gasteiger partial charge in [-0.3, -0.25) is 9.59 Å². The lowest BCUT2D eigenvalue weighted by molar-refractivity contribution is 0.0925. The number of rotatable bonds is 6. The highest BCUT2D eigenvalue weighted by Crippen LogP contribution is 2.10. The third-order valence-electron chi connectivity index (χ3n) is 3.02. The number of ketones is 1. The van der Waals surface area contributed by atoms with Crippen LogP contribution >= 0.6 is 0 Å². The van der Waals surface area contributed by atoms with Gasteiger partial charge in [0.15, 0.2) is 5.78 Å². The maximum absolute atomic E-state index is 12.2. The van der Waals surface area contributed by atoms with Gasteiger partial charge in [-0.05, 0) is 25.3 Å². The van der Waals surface area contributed by atoms with E-state index in [4.69, 9.17) is 5.73 Å². The molecule has 19 heavy (non-hydrogen) atoms. The number of carbonyl (C=O) groups excluding carboxylic acids is 2. The Morgan fingerprint density at radius 1 is 1.42 bits per heavy atom. The Balaban J connectivity index is 2.79. The summed E-state index contributed by atoms with van der Waals surface area (Å²) in [6, 6.07) is 1.57. The van der Waals surface area contributed by atoms with Gasteiger partial charge >= 0.3 is 0 Å². The number of Topliss-reactive ketones (excluding diaryl/α,β-unsaturated/α-hetero) is 1. The second-order valence-electron chi connectivity index (χ2n) is 5.32. The van der Waals surface area contributed by atoms with E-state index in [-0.39, 0.29) is 17.7 Å². The molecule has 1 aromatic heterocycles. The van der Waals surface area contributed by atoms with Crippen molar-refractivity contribution in [1.82, 2.24) is 9.88 Å². The van der Waals surface area contributed by atoms with E-state index in [0.717, 1.165) is 6.42 Å². The number of aryl methyl sites for hydroxylation is 1. The molecule has 5 heteroatoms. The number of hydrogen-bond acceptors (Lipinski definition) is 3. The van der Waals surface area contributed by atoms with Crippen LogP contribution in [0.1, 0.15) is 48.0 Å². The van der Waals surface area contributed by atoms with Crippen molar-refractivity contribution in [3.05, 3.63) is 23.5 Å². The smallest absolute Gasteiger partial charge is 0.268 e. The van der Waals surface area contributed by atoms with Gasteiger partial charge in [-0.2, -0.15) is 0 Å². The Hall–Kier alpha value is -1.62. The van der Waals surface area contributed by atoms with Gasteiger partial charge < -0.3 is 15.6 Å². The Bertz CT molecular complexity index is 463. The molecule has 5 nitrogen and oxygen atoms in total. The maximum atomic E-state index is 12.2. The zero-order valence-corrected chi connectivity index (χ0v) is 12.1. The minimum Gasteiger partial charge on any atom is -0.347 e. The first-order valence-corrected chi connectivity index (χ1v) is 6.53. The van der Waals surface area contributed by atoms with E-state index in [1.165, 1.54) is 6.92 Å². The normalized spacial score (nSPS) is 12.5. The van der Waals surface area contributed by atoms with E-state index in [9.17, 15) is 9.59 Å². The fourth-order valence-corrected chi connectivity index (χ4v) is 2.03. The Kier molecular flexibility index (Phi) is 5.30. The molecule has 0 aromatic carbocycles.